The molecule has 5 rings (SSSR count). The molecule has 1 atom stereocenters. The monoisotopic (exact) mass is 508 g/mol. The van der Waals surface area contributed by atoms with Crippen molar-refractivity contribution in [3.63, 3.8) is 0 Å². The van der Waals surface area contributed by atoms with Gasteiger partial charge in [-0.25, -0.2) is 13.2 Å². The maximum Gasteiger partial charge on any atom is 0.414 e. The second-order valence-electron chi connectivity index (χ2n) is 8.46. The zero-order valence-corrected chi connectivity index (χ0v) is 20.7. The number of carbonyl (C=O) groups excluding carboxylic acids is 1. The molecule has 36 heavy (non-hydrogen) atoms. The molecule has 1 fully saturated rings. The van der Waals surface area contributed by atoms with Crippen LogP contribution in [0.2, 0.25) is 0 Å². The van der Waals surface area contributed by atoms with E-state index in [0.29, 0.717) is 23.2 Å². The molecule has 0 spiro atoms. The number of ether oxygens (including phenoxy) is 2. The van der Waals surface area contributed by atoms with E-state index in [1.54, 1.807) is 62.6 Å². The van der Waals surface area contributed by atoms with E-state index in [-0.39, 0.29) is 18.0 Å². The highest BCUT2D eigenvalue weighted by atomic mass is 32.2. The standard InChI is InChI=1S/C25H24N4O6S/c1-16-26-24(27-35-16)17-4-8-20(9-5-17)29-15-22(34-25(29)30)14-28(2)36(31,32)23-11-7-18-12-21(33-3)10-6-19(18)13-23/h4-13,22H,14-15H2,1-3H3. The third-order valence-corrected chi connectivity index (χ3v) is 7.85. The van der Waals surface area contributed by atoms with Crippen LogP contribution in [-0.2, 0) is 14.8 Å². The van der Waals surface area contributed by atoms with Crippen LogP contribution in [-0.4, -0.2) is 62.3 Å². The molecule has 0 radical (unpaired) electrons. The van der Waals surface area contributed by atoms with Crippen LogP contribution < -0.4 is 9.64 Å². The van der Waals surface area contributed by atoms with Gasteiger partial charge in [-0.2, -0.15) is 9.29 Å². The minimum Gasteiger partial charge on any atom is -0.497 e. The van der Waals surface area contributed by atoms with Gasteiger partial charge in [-0.05, 0) is 59.3 Å². The van der Waals surface area contributed by atoms with Crippen LogP contribution in [0.1, 0.15) is 5.89 Å². The first-order chi connectivity index (χ1) is 17.2. The molecular formula is C25H24N4O6S. The predicted molar refractivity (Wildman–Crippen MR) is 132 cm³/mol. The number of benzene rings is 3. The van der Waals surface area contributed by atoms with Crippen LogP contribution in [0.4, 0.5) is 10.5 Å². The Morgan fingerprint density at radius 2 is 1.81 bits per heavy atom. The van der Waals surface area contributed by atoms with Gasteiger partial charge in [-0.3, -0.25) is 4.90 Å². The van der Waals surface area contributed by atoms with E-state index in [1.165, 1.54) is 16.3 Å². The topological polar surface area (TPSA) is 115 Å². The van der Waals surface area contributed by atoms with Crippen LogP contribution >= 0.6 is 0 Å². The number of likely N-dealkylation sites (N-methyl/N-ethyl adjacent to an activating group) is 1. The van der Waals surface area contributed by atoms with E-state index in [1.807, 2.05) is 12.1 Å². The Balaban J connectivity index is 1.28. The van der Waals surface area contributed by atoms with Gasteiger partial charge in [-0.1, -0.05) is 17.3 Å². The molecule has 1 saturated heterocycles. The Hall–Kier alpha value is -3.96. The summed E-state index contributed by atoms with van der Waals surface area (Å²) in [4.78, 5) is 18.4. The lowest BCUT2D eigenvalue weighted by Crippen LogP contribution is -2.36. The molecule has 1 aromatic heterocycles. The summed E-state index contributed by atoms with van der Waals surface area (Å²) < 4.78 is 43.4. The number of hydrogen-bond donors (Lipinski definition) is 0. The van der Waals surface area contributed by atoms with Crippen molar-refractivity contribution >= 4 is 32.6 Å². The molecule has 0 aliphatic carbocycles. The minimum absolute atomic E-state index is 0.0193. The van der Waals surface area contributed by atoms with Gasteiger partial charge in [-0.15, -0.1) is 0 Å². The fourth-order valence-corrected chi connectivity index (χ4v) is 5.33. The van der Waals surface area contributed by atoms with Crippen LogP contribution in [0.3, 0.4) is 0 Å². The molecule has 0 bridgehead atoms. The Morgan fingerprint density at radius 1 is 1.08 bits per heavy atom. The van der Waals surface area contributed by atoms with Gasteiger partial charge < -0.3 is 14.0 Å². The van der Waals surface area contributed by atoms with Crippen molar-refractivity contribution in [2.24, 2.45) is 0 Å². The summed E-state index contributed by atoms with van der Waals surface area (Å²) in [6.45, 7) is 1.95. The maximum absolute atomic E-state index is 13.2. The molecule has 186 valence electrons. The number of hydrogen-bond acceptors (Lipinski definition) is 8. The fraction of sp³-hybridized carbons (Fsp3) is 0.240. The Labute approximate surface area is 208 Å². The smallest absolute Gasteiger partial charge is 0.414 e. The van der Waals surface area contributed by atoms with Crippen molar-refractivity contribution in [2.75, 3.05) is 32.1 Å². The quantitative estimate of drug-likeness (QED) is 0.370. The lowest BCUT2D eigenvalue weighted by molar-refractivity contribution is 0.131. The van der Waals surface area contributed by atoms with E-state index >= 15 is 0 Å². The number of nitrogens with zero attached hydrogens (tertiary/aromatic N) is 4. The molecule has 1 aliphatic heterocycles. The number of aryl methyl sites for hydroxylation is 1. The van der Waals surface area contributed by atoms with Gasteiger partial charge in [0.2, 0.25) is 21.7 Å². The van der Waals surface area contributed by atoms with Crippen LogP contribution in [0.5, 0.6) is 5.75 Å². The number of aromatic nitrogens is 2. The van der Waals surface area contributed by atoms with Gasteiger partial charge >= 0.3 is 6.09 Å². The van der Waals surface area contributed by atoms with Crippen molar-refractivity contribution < 1.29 is 27.2 Å². The zero-order valence-electron chi connectivity index (χ0n) is 19.9. The highest BCUT2D eigenvalue weighted by Gasteiger charge is 2.35. The molecule has 2 heterocycles. The predicted octanol–water partition coefficient (Wildman–Crippen LogP) is 3.85. The lowest BCUT2D eigenvalue weighted by atomic mass is 10.1. The summed E-state index contributed by atoms with van der Waals surface area (Å²) in [5, 5.41) is 5.54. The van der Waals surface area contributed by atoms with E-state index in [0.717, 1.165) is 16.3 Å². The first-order valence-electron chi connectivity index (χ1n) is 11.2. The normalized spacial score (nSPS) is 16.1. The Bertz CT molecular complexity index is 1530. The molecule has 11 heteroatoms. The molecule has 0 N–H and O–H groups in total. The molecule has 3 aromatic carbocycles. The number of anilines is 1. The average molecular weight is 509 g/mol. The third kappa shape index (κ3) is 4.50. The summed E-state index contributed by atoms with van der Waals surface area (Å²) >= 11 is 0. The second kappa shape index (κ2) is 9.25. The maximum atomic E-state index is 13.2. The number of amides is 1. The summed E-state index contributed by atoms with van der Waals surface area (Å²) in [7, 11) is -0.739. The van der Waals surface area contributed by atoms with E-state index < -0.39 is 22.2 Å². The van der Waals surface area contributed by atoms with Crippen molar-refractivity contribution in [2.45, 2.75) is 17.9 Å². The SMILES string of the molecule is COc1ccc2cc(S(=O)(=O)N(C)CC3CN(c4ccc(-c5noc(C)n5)cc4)C(=O)O3)ccc2c1. The van der Waals surface area contributed by atoms with Gasteiger partial charge in [0.25, 0.3) is 0 Å². The zero-order chi connectivity index (χ0) is 25.4. The number of sulfonamides is 1. The largest absolute Gasteiger partial charge is 0.497 e. The second-order valence-corrected chi connectivity index (χ2v) is 10.5. The van der Waals surface area contributed by atoms with Crippen molar-refractivity contribution in [3.05, 3.63) is 66.6 Å². The van der Waals surface area contributed by atoms with E-state index in [2.05, 4.69) is 10.1 Å². The van der Waals surface area contributed by atoms with Crippen molar-refractivity contribution in [1.82, 2.24) is 14.4 Å². The Morgan fingerprint density at radius 3 is 2.50 bits per heavy atom. The van der Waals surface area contributed by atoms with Gasteiger partial charge in [0.15, 0.2) is 0 Å². The fourth-order valence-electron chi connectivity index (χ4n) is 4.09. The third-order valence-electron chi connectivity index (χ3n) is 6.03. The summed E-state index contributed by atoms with van der Waals surface area (Å²) in [6, 6.07) is 17.5. The molecular weight excluding hydrogens is 484 g/mol. The highest BCUT2D eigenvalue weighted by molar-refractivity contribution is 7.89. The lowest BCUT2D eigenvalue weighted by Gasteiger charge is -2.20. The molecule has 1 amide bonds. The average Bonchev–Trinajstić information content (AvgIpc) is 3.48. The number of rotatable bonds is 7. The first kappa shape index (κ1) is 23.8. The van der Waals surface area contributed by atoms with Gasteiger partial charge in [0.1, 0.15) is 11.9 Å². The first-order valence-corrected chi connectivity index (χ1v) is 12.6. The van der Waals surface area contributed by atoms with Gasteiger partial charge in [0, 0.05) is 25.2 Å². The van der Waals surface area contributed by atoms with Crippen LogP contribution in [0, 0.1) is 6.92 Å². The summed E-state index contributed by atoms with van der Waals surface area (Å²) in [5.41, 5.74) is 1.38. The summed E-state index contributed by atoms with van der Waals surface area (Å²) in [6.07, 6.45) is -1.16. The number of carbonyl (C=O) groups is 1. The molecule has 0 saturated carbocycles. The van der Waals surface area contributed by atoms with Crippen LogP contribution in [0.25, 0.3) is 22.2 Å². The highest BCUT2D eigenvalue weighted by Crippen LogP contribution is 2.28. The molecule has 4 aromatic rings. The number of cyclic esters (lactones) is 1. The molecule has 10 nitrogen and oxygen atoms in total. The minimum atomic E-state index is -3.80. The number of fused-ring (bicyclic) bond motifs is 1. The summed E-state index contributed by atoms with van der Waals surface area (Å²) in [5.74, 6) is 1.62. The molecule has 1 unspecified atom stereocenters. The van der Waals surface area contributed by atoms with Crippen molar-refractivity contribution in [3.8, 4) is 17.1 Å². The van der Waals surface area contributed by atoms with E-state index in [4.69, 9.17) is 14.0 Å². The Kier molecular flexibility index (Phi) is 6.10. The molecule has 1 aliphatic rings. The van der Waals surface area contributed by atoms with Crippen molar-refractivity contribution in [1.29, 1.82) is 0 Å². The van der Waals surface area contributed by atoms with Gasteiger partial charge in [0.05, 0.1) is 25.1 Å². The van der Waals surface area contributed by atoms with E-state index in [9.17, 15) is 13.2 Å². The number of methoxy groups -OCH3 is 1. The van der Waals surface area contributed by atoms with Crippen LogP contribution in [0.15, 0.2) is 70.1 Å².